The molecule has 1 fully saturated rings. The van der Waals surface area contributed by atoms with Gasteiger partial charge in [-0.05, 0) is 18.3 Å². The largest absolute Gasteiger partial charge is 0.478 e. The van der Waals surface area contributed by atoms with Crippen LogP contribution < -0.4 is 0 Å². The van der Waals surface area contributed by atoms with Gasteiger partial charge in [-0.1, -0.05) is 13.8 Å². The monoisotopic (exact) mass is 265 g/mol. The quantitative estimate of drug-likeness (QED) is 0.872. The summed E-state index contributed by atoms with van der Waals surface area (Å²) in [6, 6.07) is 0. The highest BCUT2D eigenvalue weighted by Crippen LogP contribution is 2.23. The highest BCUT2D eigenvalue weighted by molar-refractivity contribution is 6.03. The van der Waals surface area contributed by atoms with E-state index < -0.39 is 5.97 Å². The van der Waals surface area contributed by atoms with Gasteiger partial charge in [-0.15, -0.1) is 0 Å². The summed E-state index contributed by atoms with van der Waals surface area (Å²) in [4.78, 5) is 25.4. The lowest BCUT2D eigenvalue weighted by Gasteiger charge is -2.35. The minimum atomic E-state index is -1.12. The average molecular weight is 265 g/mol. The van der Waals surface area contributed by atoms with E-state index in [-0.39, 0.29) is 17.2 Å². The van der Waals surface area contributed by atoms with Gasteiger partial charge >= 0.3 is 5.97 Å². The number of aryl methyl sites for hydroxylation is 1. The van der Waals surface area contributed by atoms with Gasteiger partial charge in [0.15, 0.2) is 0 Å². The number of likely N-dealkylation sites (tertiary alicyclic amines) is 1. The number of carboxylic acid groups (broad SMARTS) is 1. The summed E-state index contributed by atoms with van der Waals surface area (Å²) in [5.74, 6) is -0.478. The maximum Gasteiger partial charge on any atom is 0.339 e. The van der Waals surface area contributed by atoms with Gasteiger partial charge in [-0.3, -0.25) is 9.48 Å². The van der Waals surface area contributed by atoms with Crippen molar-refractivity contribution in [3.05, 3.63) is 17.5 Å². The first-order valence-electron chi connectivity index (χ1n) is 6.44. The molecular weight excluding hydrogens is 246 g/mol. The highest BCUT2D eigenvalue weighted by atomic mass is 16.4. The SMILES string of the molecule is CC1CC(C)CN(C(=O)c2c(C(=O)O)cnn2C)C1. The number of amides is 1. The molecule has 1 N–H and O–H groups in total. The third-order valence-electron chi connectivity index (χ3n) is 3.53. The van der Waals surface area contributed by atoms with E-state index in [1.54, 1.807) is 11.9 Å². The fourth-order valence-corrected chi connectivity index (χ4v) is 2.83. The van der Waals surface area contributed by atoms with Crippen molar-refractivity contribution >= 4 is 11.9 Å². The number of carboxylic acids is 1. The first kappa shape index (κ1) is 13.6. The number of hydrogen-bond donors (Lipinski definition) is 1. The standard InChI is InChI=1S/C13H19N3O3/c1-8-4-9(2)7-16(6-8)12(17)11-10(13(18)19)5-14-15(11)3/h5,8-9H,4,6-7H2,1-3H3,(H,18,19). The Hall–Kier alpha value is -1.85. The molecule has 1 aliphatic rings. The van der Waals surface area contributed by atoms with Gasteiger partial charge in [-0.25, -0.2) is 4.79 Å². The van der Waals surface area contributed by atoms with Crippen LogP contribution in [0.3, 0.4) is 0 Å². The Kier molecular flexibility index (Phi) is 3.59. The summed E-state index contributed by atoms with van der Waals surface area (Å²) >= 11 is 0. The summed E-state index contributed by atoms with van der Waals surface area (Å²) in [6.07, 6.45) is 2.33. The molecule has 2 atom stereocenters. The second kappa shape index (κ2) is 5.03. The Labute approximate surface area is 112 Å². The van der Waals surface area contributed by atoms with Crippen LogP contribution in [-0.4, -0.2) is 44.8 Å². The Balaban J connectivity index is 2.29. The van der Waals surface area contributed by atoms with Crippen LogP contribution in [0.5, 0.6) is 0 Å². The van der Waals surface area contributed by atoms with Gasteiger partial charge < -0.3 is 10.0 Å². The smallest absolute Gasteiger partial charge is 0.339 e. The normalized spacial score (nSPS) is 23.4. The van der Waals surface area contributed by atoms with Crippen molar-refractivity contribution in [1.82, 2.24) is 14.7 Å². The summed E-state index contributed by atoms with van der Waals surface area (Å²) < 4.78 is 1.34. The molecule has 0 radical (unpaired) electrons. The molecule has 2 rings (SSSR count). The molecule has 1 aliphatic heterocycles. The maximum atomic E-state index is 12.5. The predicted octanol–water partition coefficient (Wildman–Crippen LogP) is 1.24. The van der Waals surface area contributed by atoms with Crippen molar-refractivity contribution in [2.75, 3.05) is 13.1 Å². The first-order valence-corrected chi connectivity index (χ1v) is 6.44. The predicted molar refractivity (Wildman–Crippen MR) is 69.0 cm³/mol. The van der Waals surface area contributed by atoms with Crippen LogP contribution in [0.2, 0.25) is 0 Å². The van der Waals surface area contributed by atoms with E-state index in [2.05, 4.69) is 18.9 Å². The van der Waals surface area contributed by atoms with Gasteiger partial charge in [0.05, 0.1) is 6.20 Å². The van der Waals surface area contributed by atoms with Gasteiger partial charge in [0.25, 0.3) is 5.91 Å². The molecule has 1 amide bonds. The average Bonchev–Trinajstić information content (AvgIpc) is 2.69. The molecule has 1 saturated heterocycles. The molecular formula is C13H19N3O3. The number of carbonyl (C=O) groups excluding carboxylic acids is 1. The summed E-state index contributed by atoms with van der Waals surface area (Å²) in [5, 5.41) is 13.0. The Morgan fingerprint density at radius 1 is 1.32 bits per heavy atom. The minimum absolute atomic E-state index is 0.0293. The van der Waals surface area contributed by atoms with Crippen molar-refractivity contribution in [2.24, 2.45) is 18.9 Å². The lowest BCUT2D eigenvalue weighted by molar-refractivity contribution is 0.0595. The molecule has 0 saturated carbocycles. The van der Waals surface area contributed by atoms with Crippen LogP contribution in [0.4, 0.5) is 0 Å². The van der Waals surface area contributed by atoms with Crippen LogP contribution in [-0.2, 0) is 7.05 Å². The highest BCUT2D eigenvalue weighted by Gasteiger charge is 2.30. The van der Waals surface area contributed by atoms with Gasteiger partial charge in [0, 0.05) is 20.1 Å². The molecule has 104 valence electrons. The topological polar surface area (TPSA) is 75.4 Å². The number of aromatic nitrogens is 2. The van der Waals surface area contributed by atoms with Crippen LogP contribution in [0.1, 0.15) is 41.1 Å². The van der Waals surface area contributed by atoms with E-state index in [4.69, 9.17) is 5.11 Å². The molecule has 0 aliphatic carbocycles. The molecule has 0 bridgehead atoms. The van der Waals surface area contributed by atoms with E-state index in [9.17, 15) is 9.59 Å². The summed E-state index contributed by atoms with van der Waals surface area (Å²) in [6.45, 7) is 5.56. The molecule has 1 aromatic heterocycles. The van der Waals surface area contributed by atoms with Gasteiger partial charge in [0.2, 0.25) is 0 Å². The number of carbonyl (C=O) groups is 2. The molecule has 6 heteroatoms. The Bertz CT molecular complexity index is 499. The van der Waals surface area contributed by atoms with Crippen LogP contribution >= 0.6 is 0 Å². The van der Waals surface area contributed by atoms with Crippen molar-refractivity contribution in [3.8, 4) is 0 Å². The second-order valence-electron chi connectivity index (χ2n) is 5.49. The van der Waals surface area contributed by atoms with E-state index in [0.29, 0.717) is 24.9 Å². The molecule has 1 aromatic rings. The van der Waals surface area contributed by atoms with E-state index in [0.717, 1.165) is 6.42 Å². The van der Waals surface area contributed by atoms with Crippen molar-refractivity contribution < 1.29 is 14.7 Å². The third kappa shape index (κ3) is 2.62. The number of piperidine rings is 1. The molecule has 19 heavy (non-hydrogen) atoms. The maximum absolute atomic E-state index is 12.5. The minimum Gasteiger partial charge on any atom is -0.478 e. The van der Waals surface area contributed by atoms with Crippen LogP contribution in [0, 0.1) is 11.8 Å². The summed E-state index contributed by atoms with van der Waals surface area (Å²) in [7, 11) is 1.59. The first-order chi connectivity index (χ1) is 8.90. The molecule has 6 nitrogen and oxygen atoms in total. The fraction of sp³-hybridized carbons (Fsp3) is 0.615. The van der Waals surface area contributed by atoms with Crippen LogP contribution in [0.25, 0.3) is 0 Å². The van der Waals surface area contributed by atoms with Crippen LogP contribution in [0.15, 0.2) is 6.20 Å². The number of rotatable bonds is 2. The number of hydrogen-bond acceptors (Lipinski definition) is 3. The molecule has 0 aromatic carbocycles. The van der Waals surface area contributed by atoms with Gasteiger partial charge in [-0.2, -0.15) is 5.10 Å². The van der Waals surface area contributed by atoms with E-state index in [1.165, 1.54) is 10.9 Å². The lowest BCUT2D eigenvalue weighted by atomic mass is 9.91. The van der Waals surface area contributed by atoms with Crippen molar-refractivity contribution in [3.63, 3.8) is 0 Å². The second-order valence-corrected chi connectivity index (χ2v) is 5.49. The van der Waals surface area contributed by atoms with E-state index >= 15 is 0 Å². The zero-order chi connectivity index (χ0) is 14.2. The molecule has 2 heterocycles. The fourth-order valence-electron chi connectivity index (χ4n) is 2.83. The molecule has 2 unspecified atom stereocenters. The molecule has 0 spiro atoms. The Morgan fingerprint density at radius 2 is 1.89 bits per heavy atom. The zero-order valence-electron chi connectivity index (χ0n) is 11.5. The Morgan fingerprint density at radius 3 is 2.42 bits per heavy atom. The number of nitrogens with zero attached hydrogens (tertiary/aromatic N) is 3. The lowest BCUT2D eigenvalue weighted by Crippen LogP contribution is -2.43. The zero-order valence-corrected chi connectivity index (χ0v) is 11.5. The van der Waals surface area contributed by atoms with Crippen molar-refractivity contribution in [2.45, 2.75) is 20.3 Å². The summed E-state index contributed by atoms with van der Waals surface area (Å²) in [5.41, 5.74) is 0.132. The number of aromatic carboxylic acids is 1. The van der Waals surface area contributed by atoms with Crippen molar-refractivity contribution in [1.29, 1.82) is 0 Å². The van der Waals surface area contributed by atoms with E-state index in [1.807, 2.05) is 0 Å². The third-order valence-corrected chi connectivity index (χ3v) is 3.53. The van der Waals surface area contributed by atoms with Gasteiger partial charge in [0.1, 0.15) is 11.3 Å².